The molecule has 6 nitrogen and oxygen atoms in total. The van der Waals surface area contributed by atoms with Crippen LogP contribution in [0, 0.1) is 5.92 Å². The van der Waals surface area contributed by atoms with E-state index in [0.717, 1.165) is 18.4 Å². The van der Waals surface area contributed by atoms with E-state index in [-0.39, 0.29) is 31.4 Å². The highest BCUT2D eigenvalue weighted by Crippen LogP contribution is 2.49. The molecule has 6 heteroatoms. The van der Waals surface area contributed by atoms with Crippen LogP contribution in [0.25, 0.3) is 0 Å². The van der Waals surface area contributed by atoms with E-state index in [1.165, 1.54) is 0 Å². The highest BCUT2D eigenvalue weighted by Gasteiger charge is 2.52. The first-order valence-electron chi connectivity index (χ1n) is 9.31. The molecule has 4 atom stereocenters. The number of carbonyl (C=O) groups excluding carboxylic acids is 2. The van der Waals surface area contributed by atoms with Crippen molar-refractivity contribution in [2.45, 2.75) is 37.9 Å². The van der Waals surface area contributed by atoms with Crippen LogP contribution in [0.3, 0.4) is 0 Å². The van der Waals surface area contributed by atoms with E-state index in [0.29, 0.717) is 17.9 Å². The summed E-state index contributed by atoms with van der Waals surface area (Å²) >= 11 is 0. The van der Waals surface area contributed by atoms with Crippen molar-refractivity contribution in [2.24, 2.45) is 5.92 Å². The highest BCUT2D eigenvalue weighted by molar-refractivity contribution is 5.96. The van der Waals surface area contributed by atoms with Gasteiger partial charge in [-0.2, -0.15) is 0 Å². The monoisotopic (exact) mass is 368 g/mol. The maximum Gasteiger partial charge on any atom is 0.338 e. The molecule has 27 heavy (non-hydrogen) atoms. The minimum Gasteiger partial charge on any atom is -0.462 e. The largest absolute Gasteiger partial charge is 0.462 e. The van der Waals surface area contributed by atoms with Gasteiger partial charge in [-0.05, 0) is 55.7 Å². The maximum atomic E-state index is 13.1. The minimum absolute atomic E-state index is 0. The molecule has 0 aliphatic carbocycles. The molecule has 2 aliphatic heterocycles. The Balaban J connectivity index is 0.00000225. The number of nitrogens with one attached hydrogen (secondary N) is 1. The third-order valence-electron chi connectivity index (χ3n) is 5.31. The SMILES string of the molecule is CCOC(=O)c1cccc(NC(=O)[C@H]2[C@H](c3ccncc3)[C@@H]3CC[C@H]2O3)c1.[HH]. The van der Waals surface area contributed by atoms with Gasteiger partial charge in [-0.25, -0.2) is 4.79 Å². The van der Waals surface area contributed by atoms with Crippen LogP contribution < -0.4 is 5.32 Å². The highest BCUT2D eigenvalue weighted by atomic mass is 16.5. The van der Waals surface area contributed by atoms with Gasteiger partial charge in [0.25, 0.3) is 0 Å². The standard InChI is InChI=1S/C21H22N2O4.H2/c1-2-26-21(25)14-4-3-5-15(12-14)23-20(24)19-17-7-6-16(27-17)18(19)13-8-10-22-11-9-13;/h3-5,8-12,16-19H,2,6-7H2,1H3,(H,23,24);1H/t16-,17+,18+,19+;/m0./s1. The van der Waals surface area contributed by atoms with Crippen LogP contribution in [0.2, 0.25) is 0 Å². The predicted molar refractivity (Wildman–Crippen MR) is 102 cm³/mol. The summed E-state index contributed by atoms with van der Waals surface area (Å²) < 4.78 is 11.1. The fraction of sp³-hybridized carbons (Fsp3) is 0.381. The Morgan fingerprint density at radius 3 is 2.78 bits per heavy atom. The summed E-state index contributed by atoms with van der Waals surface area (Å²) in [4.78, 5) is 29.1. The number of rotatable bonds is 5. The quantitative estimate of drug-likeness (QED) is 0.819. The normalized spacial score (nSPS) is 26.0. The lowest BCUT2D eigenvalue weighted by molar-refractivity contribution is -0.121. The molecule has 1 amide bonds. The Labute approximate surface area is 159 Å². The molecule has 1 aromatic heterocycles. The molecule has 2 bridgehead atoms. The zero-order valence-electron chi connectivity index (χ0n) is 15.1. The molecule has 4 rings (SSSR count). The van der Waals surface area contributed by atoms with Gasteiger partial charge < -0.3 is 14.8 Å². The summed E-state index contributed by atoms with van der Waals surface area (Å²) in [5.41, 5.74) is 2.09. The minimum atomic E-state index is -0.397. The van der Waals surface area contributed by atoms with Gasteiger partial charge in [0.1, 0.15) is 0 Å². The smallest absolute Gasteiger partial charge is 0.338 e. The van der Waals surface area contributed by atoms with E-state index < -0.39 is 5.97 Å². The van der Waals surface area contributed by atoms with Crippen molar-refractivity contribution in [3.8, 4) is 0 Å². The first-order valence-corrected chi connectivity index (χ1v) is 9.31. The van der Waals surface area contributed by atoms with E-state index in [1.54, 1.807) is 43.6 Å². The van der Waals surface area contributed by atoms with Gasteiger partial charge in [0.2, 0.25) is 5.91 Å². The van der Waals surface area contributed by atoms with Crippen LogP contribution in [0.4, 0.5) is 5.69 Å². The lowest BCUT2D eigenvalue weighted by atomic mass is 9.75. The molecule has 1 N–H and O–H groups in total. The molecule has 0 saturated carbocycles. The summed E-state index contributed by atoms with van der Waals surface area (Å²) in [7, 11) is 0. The second-order valence-corrected chi connectivity index (χ2v) is 6.91. The Bertz CT molecular complexity index is 845. The van der Waals surface area contributed by atoms with E-state index in [4.69, 9.17) is 9.47 Å². The number of ether oxygens (including phenoxy) is 2. The van der Waals surface area contributed by atoms with E-state index in [2.05, 4.69) is 10.3 Å². The number of hydrogen-bond acceptors (Lipinski definition) is 5. The van der Waals surface area contributed by atoms with Crippen LogP contribution in [0.1, 0.15) is 43.0 Å². The predicted octanol–water partition coefficient (Wildman–Crippen LogP) is 3.40. The Morgan fingerprint density at radius 1 is 1.22 bits per heavy atom. The van der Waals surface area contributed by atoms with Gasteiger partial charge >= 0.3 is 5.97 Å². The number of esters is 1. The molecule has 0 radical (unpaired) electrons. The number of amides is 1. The van der Waals surface area contributed by atoms with Crippen molar-refractivity contribution in [3.63, 3.8) is 0 Å². The van der Waals surface area contributed by atoms with E-state index in [9.17, 15) is 9.59 Å². The molecular weight excluding hydrogens is 344 g/mol. The van der Waals surface area contributed by atoms with Crippen LogP contribution in [-0.4, -0.2) is 35.7 Å². The number of fused-ring (bicyclic) bond motifs is 2. The lowest BCUT2D eigenvalue weighted by Gasteiger charge is -2.27. The number of benzene rings is 1. The maximum absolute atomic E-state index is 13.1. The molecule has 0 unspecified atom stereocenters. The van der Waals surface area contributed by atoms with Crippen LogP contribution in [-0.2, 0) is 14.3 Å². The molecule has 2 aromatic rings. The number of hydrogen-bond donors (Lipinski definition) is 1. The fourth-order valence-corrected chi connectivity index (χ4v) is 4.18. The zero-order valence-corrected chi connectivity index (χ0v) is 15.1. The first-order chi connectivity index (χ1) is 13.2. The second-order valence-electron chi connectivity index (χ2n) is 6.91. The lowest BCUT2D eigenvalue weighted by Crippen LogP contribution is -2.36. The van der Waals surface area contributed by atoms with Crippen molar-refractivity contribution in [1.82, 2.24) is 4.98 Å². The van der Waals surface area contributed by atoms with Crippen molar-refractivity contribution < 1.29 is 20.5 Å². The number of carbonyl (C=O) groups is 2. The molecule has 0 spiro atoms. The molecule has 2 saturated heterocycles. The van der Waals surface area contributed by atoms with Crippen molar-refractivity contribution >= 4 is 17.6 Å². The van der Waals surface area contributed by atoms with Gasteiger partial charge in [0.15, 0.2) is 0 Å². The van der Waals surface area contributed by atoms with Gasteiger partial charge in [-0.1, -0.05) is 6.07 Å². The molecular formula is C21H24N2O4. The number of pyridine rings is 1. The van der Waals surface area contributed by atoms with Crippen molar-refractivity contribution in [1.29, 1.82) is 0 Å². The average Bonchev–Trinajstić information content (AvgIpc) is 3.30. The van der Waals surface area contributed by atoms with Gasteiger partial charge in [-0.3, -0.25) is 9.78 Å². The fourth-order valence-electron chi connectivity index (χ4n) is 4.18. The van der Waals surface area contributed by atoms with Gasteiger partial charge in [-0.15, -0.1) is 0 Å². The van der Waals surface area contributed by atoms with Crippen molar-refractivity contribution in [3.05, 3.63) is 59.9 Å². The molecule has 3 heterocycles. The Morgan fingerprint density at radius 2 is 2.00 bits per heavy atom. The molecule has 1 aromatic carbocycles. The third kappa shape index (κ3) is 3.45. The first kappa shape index (κ1) is 17.7. The van der Waals surface area contributed by atoms with Gasteiger partial charge in [0, 0.05) is 25.4 Å². The van der Waals surface area contributed by atoms with Crippen LogP contribution in [0.15, 0.2) is 48.8 Å². The number of anilines is 1. The zero-order chi connectivity index (χ0) is 18.8. The third-order valence-corrected chi connectivity index (χ3v) is 5.31. The molecule has 142 valence electrons. The summed E-state index contributed by atoms with van der Waals surface area (Å²) in [6, 6.07) is 10.7. The van der Waals surface area contributed by atoms with E-state index >= 15 is 0 Å². The summed E-state index contributed by atoms with van der Waals surface area (Å²) in [5, 5.41) is 2.96. The van der Waals surface area contributed by atoms with Crippen molar-refractivity contribution in [2.75, 3.05) is 11.9 Å². The van der Waals surface area contributed by atoms with Gasteiger partial charge in [0.05, 0.1) is 30.3 Å². The second kappa shape index (κ2) is 7.48. The van der Waals surface area contributed by atoms with Crippen LogP contribution >= 0.6 is 0 Å². The average molecular weight is 368 g/mol. The van der Waals surface area contributed by atoms with E-state index in [1.807, 2.05) is 12.1 Å². The topological polar surface area (TPSA) is 77.5 Å². The van der Waals surface area contributed by atoms with Crippen LogP contribution in [0.5, 0.6) is 0 Å². The molecule has 2 fully saturated rings. The number of aromatic nitrogens is 1. The summed E-state index contributed by atoms with van der Waals surface area (Å²) in [5.74, 6) is -0.700. The summed E-state index contributed by atoms with van der Waals surface area (Å²) in [6.45, 7) is 2.07. The number of nitrogens with zero attached hydrogens (tertiary/aromatic N) is 1. The molecule has 2 aliphatic rings. The Hall–Kier alpha value is -2.73. The summed E-state index contributed by atoms with van der Waals surface area (Å²) in [6.07, 6.45) is 5.37. The Kier molecular flexibility index (Phi) is 4.90.